The Morgan fingerprint density at radius 2 is 1.60 bits per heavy atom. The maximum Gasteiger partial charge on any atom is 0.0641 e. The van der Waals surface area contributed by atoms with E-state index in [2.05, 4.69) is 32.7 Å². The van der Waals surface area contributed by atoms with Gasteiger partial charge in [0.05, 0.1) is 16.1 Å². The first kappa shape index (κ1) is 17.7. The number of aliphatic hydroxyl groups excluding tert-OH is 1. The van der Waals surface area contributed by atoms with E-state index in [1.54, 1.807) is 12.4 Å². The summed E-state index contributed by atoms with van der Waals surface area (Å²) < 4.78 is 0. The second-order valence-electron chi connectivity index (χ2n) is 6.56. The lowest BCUT2D eigenvalue weighted by molar-refractivity contribution is 0.0793. The molecular weight excluding hydrogens is 293 g/mol. The van der Waals surface area contributed by atoms with Crippen molar-refractivity contribution in [3.05, 3.63) is 28.0 Å². The molecule has 0 aromatic carbocycles. The first-order chi connectivity index (χ1) is 9.23. The third-order valence-corrected chi connectivity index (χ3v) is 4.24. The van der Waals surface area contributed by atoms with Crippen molar-refractivity contribution >= 4 is 23.2 Å². The highest BCUT2D eigenvalue weighted by molar-refractivity contribution is 6.35. The van der Waals surface area contributed by atoms with Gasteiger partial charge in [-0.2, -0.15) is 0 Å². The lowest BCUT2D eigenvalue weighted by atomic mass is 9.88. The second-order valence-corrected chi connectivity index (χ2v) is 7.37. The van der Waals surface area contributed by atoms with Crippen molar-refractivity contribution in [3.8, 4) is 0 Å². The molecule has 2 nitrogen and oxygen atoms in total. The van der Waals surface area contributed by atoms with E-state index in [0.717, 1.165) is 12.0 Å². The molecule has 0 unspecified atom stereocenters. The molecule has 2 rings (SSSR count). The van der Waals surface area contributed by atoms with E-state index in [1.807, 2.05) is 0 Å². The van der Waals surface area contributed by atoms with Gasteiger partial charge in [-0.3, -0.25) is 4.98 Å². The molecule has 2 atom stereocenters. The van der Waals surface area contributed by atoms with Crippen LogP contribution in [0.15, 0.2) is 12.4 Å². The summed E-state index contributed by atoms with van der Waals surface area (Å²) in [6.45, 7) is 8.34. The second kappa shape index (κ2) is 7.63. The average Bonchev–Trinajstić information content (AvgIpc) is 2.32. The number of hydrogen-bond donors (Lipinski definition) is 1. The van der Waals surface area contributed by atoms with Crippen molar-refractivity contribution in [1.29, 1.82) is 0 Å². The van der Waals surface area contributed by atoms with Crippen LogP contribution in [0.4, 0.5) is 0 Å². The Kier molecular flexibility index (Phi) is 6.77. The Balaban J connectivity index is 0.000000217. The molecule has 1 aliphatic rings. The molecule has 0 bridgehead atoms. The molecule has 0 radical (unpaired) electrons. The van der Waals surface area contributed by atoms with Gasteiger partial charge >= 0.3 is 0 Å². The van der Waals surface area contributed by atoms with Gasteiger partial charge in [0.1, 0.15) is 0 Å². The molecule has 4 heteroatoms. The minimum Gasteiger partial charge on any atom is -0.393 e. The summed E-state index contributed by atoms with van der Waals surface area (Å²) in [4.78, 5) is 3.89. The quantitative estimate of drug-likeness (QED) is 0.709. The third-order valence-electron chi connectivity index (χ3n) is 3.67. The van der Waals surface area contributed by atoms with Gasteiger partial charge in [-0.1, -0.05) is 63.7 Å². The molecule has 1 aromatic rings. The van der Waals surface area contributed by atoms with Gasteiger partial charge < -0.3 is 5.11 Å². The number of aromatic nitrogens is 1. The first-order valence-corrected chi connectivity index (χ1v) is 7.96. The fourth-order valence-corrected chi connectivity index (χ4v) is 3.36. The van der Waals surface area contributed by atoms with Crippen LogP contribution in [0.2, 0.25) is 10.0 Å². The van der Waals surface area contributed by atoms with Gasteiger partial charge in [0.25, 0.3) is 0 Å². The Morgan fingerprint density at radius 3 is 1.90 bits per heavy atom. The van der Waals surface area contributed by atoms with Gasteiger partial charge in [-0.15, -0.1) is 0 Å². The smallest absolute Gasteiger partial charge is 0.0641 e. The molecular formula is C16H25Cl2NO. The van der Waals surface area contributed by atoms with Gasteiger partial charge in [-0.25, -0.2) is 0 Å². The zero-order valence-electron chi connectivity index (χ0n) is 12.8. The molecule has 0 spiro atoms. The van der Waals surface area contributed by atoms with Gasteiger partial charge in [0.15, 0.2) is 0 Å². The van der Waals surface area contributed by atoms with Crippen LogP contribution < -0.4 is 0 Å². The Hall–Kier alpha value is -0.310. The predicted molar refractivity (Wildman–Crippen MR) is 86.6 cm³/mol. The zero-order valence-corrected chi connectivity index (χ0v) is 14.3. The fraction of sp³-hybridized carbons (Fsp3) is 0.688. The third kappa shape index (κ3) is 5.23. The molecule has 20 heavy (non-hydrogen) atoms. The largest absolute Gasteiger partial charge is 0.393 e. The van der Waals surface area contributed by atoms with Gasteiger partial charge in [0, 0.05) is 12.4 Å². The average molecular weight is 318 g/mol. The molecule has 1 aromatic heterocycles. The number of pyridine rings is 1. The van der Waals surface area contributed by atoms with Crippen LogP contribution >= 0.6 is 23.2 Å². The monoisotopic (exact) mass is 317 g/mol. The summed E-state index contributed by atoms with van der Waals surface area (Å²) >= 11 is 11.9. The van der Waals surface area contributed by atoms with Crippen LogP contribution in [0.3, 0.4) is 0 Å². The predicted octanol–water partition coefficient (Wildman–Crippen LogP) is 5.24. The highest BCUT2D eigenvalue weighted by atomic mass is 35.5. The van der Waals surface area contributed by atoms with Crippen molar-refractivity contribution in [2.75, 3.05) is 0 Å². The van der Waals surface area contributed by atoms with E-state index < -0.39 is 0 Å². The lowest BCUT2D eigenvalue weighted by Gasteiger charge is -2.23. The maximum atomic E-state index is 9.18. The van der Waals surface area contributed by atoms with Crippen molar-refractivity contribution in [1.82, 2.24) is 4.98 Å². The van der Waals surface area contributed by atoms with Gasteiger partial charge in [0.2, 0.25) is 0 Å². The summed E-state index contributed by atoms with van der Waals surface area (Å²) in [5.74, 6) is 0.559. The number of rotatable bonds is 0. The van der Waals surface area contributed by atoms with Crippen LogP contribution in [0.25, 0.3) is 0 Å². The maximum absolute atomic E-state index is 9.18. The fourth-order valence-electron chi connectivity index (χ4n) is 2.42. The topological polar surface area (TPSA) is 33.1 Å². The minimum absolute atomic E-state index is 0.00347. The summed E-state index contributed by atoms with van der Waals surface area (Å²) in [7, 11) is 0. The molecule has 1 fully saturated rings. The molecule has 0 aliphatic heterocycles. The van der Waals surface area contributed by atoms with Crippen molar-refractivity contribution in [3.63, 3.8) is 0 Å². The minimum atomic E-state index is -0.0306. The normalized spacial score (nSPS) is 22.9. The van der Waals surface area contributed by atoms with Crippen LogP contribution in [0.5, 0.6) is 0 Å². The number of hydrogen-bond acceptors (Lipinski definition) is 2. The SMILES string of the molecule is CC(C)(C)c1c(Cl)cncc1Cl.C[C@H]1CCCC[C@@H]1O. The standard InChI is InChI=1S/C9H11Cl2N.C7H14O/c1-9(2,3)8-6(10)4-12-5-7(8)11;1-6-4-2-3-5-7(6)8/h4-5H,1-3H3;6-8H,2-5H2,1H3/t;6-,7-/m.0/s1. The molecule has 1 aliphatic carbocycles. The number of nitrogens with zero attached hydrogens (tertiary/aromatic N) is 1. The molecule has 1 N–H and O–H groups in total. The summed E-state index contributed by atoms with van der Waals surface area (Å²) in [6.07, 6.45) is 8.04. The van der Waals surface area contributed by atoms with E-state index in [4.69, 9.17) is 23.2 Å². The van der Waals surface area contributed by atoms with Crippen molar-refractivity contribution in [2.45, 2.75) is 64.9 Å². The van der Waals surface area contributed by atoms with Crippen LogP contribution in [-0.2, 0) is 5.41 Å². The highest BCUT2D eigenvalue weighted by Gasteiger charge is 2.20. The summed E-state index contributed by atoms with van der Waals surface area (Å²) in [6, 6.07) is 0. The van der Waals surface area contributed by atoms with Crippen molar-refractivity contribution in [2.24, 2.45) is 5.92 Å². The Labute approximate surface area is 132 Å². The Morgan fingerprint density at radius 1 is 1.10 bits per heavy atom. The van der Waals surface area contributed by atoms with Crippen LogP contribution in [-0.4, -0.2) is 16.2 Å². The van der Waals surface area contributed by atoms with E-state index in [-0.39, 0.29) is 11.5 Å². The molecule has 1 heterocycles. The van der Waals surface area contributed by atoms with Crippen LogP contribution in [0.1, 0.15) is 58.9 Å². The van der Waals surface area contributed by atoms with E-state index in [9.17, 15) is 5.11 Å². The molecule has 0 saturated heterocycles. The van der Waals surface area contributed by atoms with E-state index in [1.165, 1.54) is 19.3 Å². The first-order valence-electron chi connectivity index (χ1n) is 7.21. The molecule has 0 amide bonds. The highest BCUT2D eigenvalue weighted by Crippen LogP contribution is 2.34. The van der Waals surface area contributed by atoms with E-state index in [0.29, 0.717) is 16.0 Å². The van der Waals surface area contributed by atoms with Gasteiger partial charge in [-0.05, 0) is 29.7 Å². The summed E-state index contributed by atoms with van der Waals surface area (Å²) in [5, 5.41) is 10.4. The summed E-state index contributed by atoms with van der Waals surface area (Å²) in [5.41, 5.74) is 0.928. The van der Waals surface area contributed by atoms with E-state index >= 15 is 0 Å². The Bertz CT molecular complexity index is 399. The zero-order chi connectivity index (χ0) is 15.3. The number of aliphatic hydroxyl groups is 1. The molecule has 1 saturated carbocycles. The number of halogens is 2. The van der Waals surface area contributed by atoms with Crippen LogP contribution in [0, 0.1) is 5.92 Å². The lowest BCUT2D eigenvalue weighted by Crippen LogP contribution is -2.21. The molecule has 114 valence electrons. The van der Waals surface area contributed by atoms with Crippen molar-refractivity contribution < 1.29 is 5.11 Å².